The van der Waals surface area contributed by atoms with Gasteiger partial charge in [-0.25, -0.2) is 23.1 Å². The van der Waals surface area contributed by atoms with Crippen LogP contribution in [0, 0.1) is 11.7 Å². The average Bonchev–Trinajstić information content (AvgIpc) is 2.51. The quantitative estimate of drug-likeness (QED) is 0.678. The van der Waals surface area contributed by atoms with Crippen molar-refractivity contribution in [1.29, 1.82) is 0 Å². The summed E-state index contributed by atoms with van der Waals surface area (Å²) in [6.07, 6.45) is -0.965. The molecule has 0 aliphatic rings. The number of hydrogen-bond acceptors (Lipinski definition) is 4. The largest absolute Gasteiger partial charge is 0.489 e. The highest BCUT2D eigenvalue weighted by molar-refractivity contribution is 6.29. The zero-order valence-electron chi connectivity index (χ0n) is 14.8. The molecule has 8 heteroatoms. The van der Waals surface area contributed by atoms with E-state index < -0.39 is 23.5 Å². The predicted octanol–water partition coefficient (Wildman–Crippen LogP) is 5.02. The lowest BCUT2D eigenvalue weighted by molar-refractivity contribution is 0.134. The maximum absolute atomic E-state index is 14.5. The lowest BCUT2D eigenvalue weighted by atomic mass is 9.93. The molecule has 0 bridgehead atoms. The Morgan fingerprint density at radius 2 is 2.00 bits per heavy atom. The van der Waals surface area contributed by atoms with E-state index >= 15 is 0 Å². The van der Waals surface area contributed by atoms with Crippen molar-refractivity contribution in [3.8, 4) is 17.0 Å². The van der Waals surface area contributed by atoms with Crippen molar-refractivity contribution in [1.82, 2.24) is 9.97 Å². The Balaban J connectivity index is 2.35. The van der Waals surface area contributed by atoms with E-state index in [1.165, 1.54) is 18.3 Å². The second-order valence-corrected chi connectivity index (χ2v) is 7.30. The lowest BCUT2D eigenvalue weighted by Crippen LogP contribution is -2.43. The summed E-state index contributed by atoms with van der Waals surface area (Å²) in [5.41, 5.74) is 4.75. The van der Waals surface area contributed by atoms with Crippen LogP contribution in [0.3, 0.4) is 0 Å². The van der Waals surface area contributed by atoms with Gasteiger partial charge in [0.15, 0.2) is 5.82 Å². The van der Waals surface area contributed by atoms with Crippen molar-refractivity contribution < 1.29 is 17.9 Å². The molecule has 0 saturated heterocycles. The fraction of sp³-hybridized carbons (Fsp3) is 0.444. The van der Waals surface area contributed by atoms with E-state index in [1.54, 1.807) is 6.92 Å². The van der Waals surface area contributed by atoms with Crippen molar-refractivity contribution in [2.45, 2.75) is 39.2 Å². The maximum atomic E-state index is 14.5. The number of hydrogen-bond donors (Lipinski definition) is 1. The van der Waals surface area contributed by atoms with Crippen LogP contribution in [-0.4, -0.2) is 22.1 Å². The Morgan fingerprint density at radius 1 is 1.31 bits per heavy atom. The molecule has 2 aromatic heterocycles. The molecule has 0 unspecified atom stereocenters. The third kappa shape index (κ3) is 5.32. The van der Waals surface area contributed by atoms with Crippen molar-refractivity contribution in [3.63, 3.8) is 0 Å². The number of pyridine rings is 2. The van der Waals surface area contributed by atoms with E-state index in [2.05, 4.69) is 9.97 Å². The Kier molecular flexibility index (Phi) is 6.47. The molecule has 0 saturated carbocycles. The van der Waals surface area contributed by atoms with E-state index in [-0.39, 0.29) is 28.8 Å². The summed E-state index contributed by atoms with van der Waals surface area (Å²) in [5, 5.41) is 0.107. The zero-order chi connectivity index (χ0) is 19.5. The van der Waals surface area contributed by atoms with Crippen molar-refractivity contribution in [2.75, 3.05) is 6.61 Å². The van der Waals surface area contributed by atoms with Crippen molar-refractivity contribution in [2.24, 2.45) is 11.7 Å². The Hall–Kier alpha value is -1.86. The molecular formula is C18H21ClF3N3O. The predicted molar refractivity (Wildman–Crippen MR) is 94.9 cm³/mol. The normalized spacial score (nSPS) is 13.9. The van der Waals surface area contributed by atoms with E-state index in [1.807, 2.05) is 13.8 Å². The molecule has 0 amide bonds. The third-order valence-corrected chi connectivity index (χ3v) is 3.81. The number of rotatable bonds is 7. The Morgan fingerprint density at radius 3 is 2.58 bits per heavy atom. The Labute approximate surface area is 155 Å². The first-order valence-corrected chi connectivity index (χ1v) is 8.49. The number of ether oxygens (including phenoxy) is 1. The van der Waals surface area contributed by atoms with Gasteiger partial charge >= 0.3 is 0 Å². The van der Waals surface area contributed by atoms with E-state index in [4.69, 9.17) is 22.1 Å². The van der Waals surface area contributed by atoms with Gasteiger partial charge in [-0.05, 0) is 31.4 Å². The van der Waals surface area contributed by atoms with Crippen LogP contribution in [0.2, 0.25) is 5.15 Å². The second kappa shape index (κ2) is 8.22. The summed E-state index contributed by atoms with van der Waals surface area (Å²) < 4.78 is 46.7. The van der Waals surface area contributed by atoms with Gasteiger partial charge in [0.2, 0.25) is 0 Å². The molecule has 0 aliphatic carbocycles. The number of aromatic nitrogens is 2. The van der Waals surface area contributed by atoms with Gasteiger partial charge in [0.05, 0.1) is 0 Å². The summed E-state index contributed by atoms with van der Waals surface area (Å²) in [6.45, 7) is 5.70. The molecule has 0 aromatic carbocycles. The van der Waals surface area contributed by atoms with E-state index in [9.17, 15) is 13.2 Å². The van der Waals surface area contributed by atoms with Gasteiger partial charge < -0.3 is 10.5 Å². The topological polar surface area (TPSA) is 61.0 Å². The molecule has 26 heavy (non-hydrogen) atoms. The average molecular weight is 388 g/mol. The van der Waals surface area contributed by atoms with Gasteiger partial charge in [-0.1, -0.05) is 25.4 Å². The molecule has 4 nitrogen and oxygen atoms in total. The van der Waals surface area contributed by atoms with Crippen LogP contribution in [-0.2, 0) is 0 Å². The molecule has 2 aromatic rings. The summed E-state index contributed by atoms with van der Waals surface area (Å²) in [5.74, 6) is -0.812. The minimum atomic E-state index is -2.93. The summed E-state index contributed by atoms with van der Waals surface area (Å²) in [4.78, 5) is 7.55. The molecule has 2 heterocycles. The number of halogens is 4. The van der Waals surface area contributed by atoms with Gasteiger partial charge in [-0.2, -0.15) is 0 Å². The van der Waals surface area contributed by atoms with Crippen LogP contribution < -0.4 is 10.5 Å². The molecule has 2 rings (SSSR count). The molecule has 2 N–H and O–H groups in total. The van der Waals surface area contributed by atoms with Crippen LogP contribution in [0.1, 0.15) is 39.3 Å². The minimum absolute atomic E-state index is 0.0353. The summed E-state index contributed by atoms with van der Waals surface area (Å²) in [7, 11) is 0. The maximum Gasteiger partial charge on any atom is 0.284 e. The number of nitrogens with zero attached hydrogens (tertiary/aromatic N) is 2. The van der Waals surface area contributed by atoms with Crippen LogP contribution in [0.4, 0.5) is 13.2 Å². The number of alkyl halides is 2. The minimum Gasteiger partial charge on any atom is -0.489 e. The molecule has 0 aliphatic heterocycles. The fourth-order valence-electron chi connectivity index (χ4n) is 2.74. The van der Waals surface area contributed by atoms with E-state index in [0.717, 1.165) is 6.07 Å². The lowest BCUT2D eigenvalue weighted by Gasteiger charge is -2.27. The number of nitrogens with two attached hydrogens (primary N) is 1. The van der Waals surface area contributed by atoms with Crippen molar-refractivity contribution in [3.05, 3.63) is 41.1 Å². The molecule has 0 radical (unpaired) electrons. The van der Waals surface area contributed by atoms with Crippen LogP contribution in [0.15, 0.2) is 24.4 Å². The Bertz CT molecular complexity index is 769. The monoisotopic (exact) mass is 387 g/mol. The van der Waals surface area contributed by atoms with Crippen LogP contribution in [0.25, 0.3) is 11.3 Å². The zero-order valence-corrected chi connectivity index (χ0v) is 15.5. The standard InChI is InChI=1S/C18H21ClF3N3O/c1-10(2)8-18(3,23)9-26-13-7-12(20)15(25-16(13)17(21)22)11-4-5-24-14(19)6-11/h4-7,10,17H,8-9,23H2,1-3H3/t18-/m0/s1. The molecule has 0 spiro atoms. The first-order valence-electron chi connectivity index (χ1n) is 8.11. The van der Waals surface area contributed by atoms with Gasteiger partial charge in [-0.3, -0.25) is 0 Å². The van der Waals surface area contributed by atoms with Crippen LogP contribution in [0.5, 0.6) is 5.75 Å². The third-order valence-electron chi connectivity index (χ3n) is 3.61. The molecule has 142 valence electrons. The van der Waals surface area contributed by atoms with Gasteiger partial charge in [0, 0.05) is 23.4 Å². The smallest absolute Gasteiger partial charge is 0.284 e. The second-order valence-electron chi connectivity index (χ2n) is 6.91. The highest BCUT2D eigenvalue weighted by Crippen LogP contribution is 2.33. The van der Waals surface area contributed by atoms with Gasteiger partial charge in [0.1, 0.15) is 28.9 Å². The van der Waals surface area contributed by atoms with Crippen molar-refractivity contribution >= 4 is 11.6 Å². The van der Waals surface area contributed by atoms with Gasteiger partial charge in [-0.15, -0.1) is 0 Å². The fourth-order valence-corrected chi connectivity index (χ4v) is 2.92. The summed E-state index contributed by atoms with van der Waals surface area (Å²) in [6, 6.07) is 3.69. The highest BCUT2D eigenvalue weighted by Gasteiger charge is 2.25. The SMILES string of the molecule is CC(C)C[C@](C)(N)COc1cc(F)c(-c2ccnc(Cl)c2)nc1C(F)F. The van der Waals surface area contributed by atoms with Gasteiger partial charge in [0.25, 0.3) is 6.43 Å². The molecular weight excluding hydrogens is 367 g/mol. The molecule has 0 fully saturated rings. The van der Waals surface area contributed by atoms with Crippen LogP contribution >= 0.6 is 11.6 Å². The first-order chi connectivity index (χ1) is 12.1. The summed E-state index contributed by atoms with van der Waals surface area (Å²) >= 11 is 5.77. The molecule has 1 atom stereocenters. The highest BCUT2D eigenvalue weighted by atomic mass is 35.5. The first kappa shape index (κ1) is 20.5. The van der Waals surface area contributed by atoms with E-state index in [0.29, 0.717) is 12.3 Å².